The molecule has 0 atom stereocenters. The normalized spacial score (nSPS) is 12.0. The summed E-state index contributed by atoms with van der Waals surface area (Å²) in [6.07, 6.45) is 8.98. The van der Waals surface area contributed by atoms with E-state index in [0.717, 1.165) is 19.3 Å². The summed E-state index contributed by atoms with van der Waals surface area (Å²) in [4.78, 5) is 0. The molecule has 0 fully saturated rings. The Labute approximate surface area is 128 Å². The number of rotatable bonds is 15. The van der Waals surface area contributed by atoms with Crippen LogP contribution in [0.3, 0.4) is 0 Å². The third kappa shape index (κ3) is 10.2. The molecule has 0 bridgehead atoms. The average Bonchev–Trinajstić information content (AvgIpc) is 2.46. The first-order chi connectivity index (χ1) is 9.74. The van der Waals surface area contributed by atoms with Crippen molar-refractivity contribution in [2.75, 3.05) is 19.8 Å². The van der Waals surface area contributed by atoms with Gasteiger partial charge < -0.3 is 0 Å². The molecule has 0 rings (SSSR count). The van der Waals surface area contributed by atoms with E-state index < -0.39 is 13.3 Å². The van der Waals surface area contributed by atoms with E-state index in [4.69, 9.17) is 15.3 Å². The van der Waals surface area contributed by atoms with Gasteiger partial charge in [-0.3, -0.25) is 0 Å². The molecule has 20 heavy (non-hydrogen) atoms. The van der Waals surface area contributed by atoms with Crippen molar-refractivity contribution in [1.82, 2.24) is 0 Å². The Morgan fingerprint density at radius 3 is 1.20 bits per heavy atom. The van der Waals surface area contributed by atoms with Gasteiger partial charge in [0, 0.05) is 0 Å². The zero-order valence-electron chi connectivity index (χ0n) is 13.4. The van der Waals surface area contributed by atoms with Gasteiger partial charge in [0.15, 0.2) is 0 Å². The average molecular weight is 349 g/mol. The Hall–Kier alpha value is 0.423. The predicted octanol–water partition coefficient (Wildman–Crippen LogP) is 3.55. The Morgan fingerprint density at radius 1 is 0.550 bits per heavy atom. The molecule has 0 aliphatic heterocycles. The molecule has 3 nitrogen and oxygen atoms in total. The first-order valence-corrected chi connectivity index (χ1v) is 14.5. The van der Waals surface area contributed by atoms with E-state index in [2.05, 4.69) is 6.92 Å². The van der Waals surface area contributed by atoms with Gasteiger partial charge in [-0.05, 0) is 0 Å². The second-order valence-electron chi connectivity index (χ2n) is 6.15. The van der Waals surface area contributed by atoms with Gasteiger partial charge >= 0.3 is 128 Å². The first kappa shape index (κ1) is 20.4. The van der Waals surface area contributed by atoms with Crippen LogP contribution in [0.2, 0.25) is 21.0 Å². The fraction of sp³-hybridized carbons (Fsp3) is 1.00. The Morgan fingerprint density at radius 2 is 0.900 bits per heavy atom. The SMILES string of the molecule is CCC[CH2][Ge]([CH2]CCCO)([CH2]CCCO)[CH2]CCCO. The van der Waals surface area contributed by atoms with Crippen molar-refractivity contribution in [2.45, 2.75) is 79.3 Å². The minimum absolute atomic E-state index is 0.319. The van der Waals surface area contributed by atoms with Crippen molar-refractivity contribution in [3.63, 3.8) is 0 Å². The molecule has 0 aromatic rings. The van der Waals surface area contributed by atoms with Crippen LogP contribution in [-0.2, 0) is 0 Å². The zero-order chi connectivity index (χ0) is 15.1. The molecule has 0 unspecified atom stereocenters. The van der Waals surface area contributed by atoms with Gasteiger partial charge in [0.25, 0.3) is 0 Å². The maximum atomic E-state index is 9.02. The molecule has 0 saturated heterocycles. The van der Waals surface area contributed by atoms with Crippen molar-refractivity contribution in [3.8, 4) is 0 Å². The molecule has 0 aliphatic rings. The van der Waals surface area contributed by atoms with Crippen molar-refractivity contribution in [2.24, 2.45) is 0 Å². The summed E-state index contributed by atoms with van der Waals surface area (Å²) in [5.74, 6) is 0. The molecule has 0 heterocycles. The number of aliphatic hydroxyl groups excluding tert-OH is 3. The molecular formula is C16H36GeO3. The van der Waals surface area contributed by atoms with Crippen LogP contribution in [0.5, 0.6) is 0 Å². The van der Waals surface area contributed by atoms with Gasteiger partial charge in [-0.2, -0.15) is 0 Å². The second-order valence-corrected chi connectivity index (χ2v) is 16.6. The fourth-order valence-corrected chi connectivity index (χ4v) is 14.9. The van der Waals surface area contributed by atoms with Crippen LogP contribution in [0.1, 0.15) is 58.3 Å². The topological polar surface area (TPSA) is 60.7 Å². The van der Waals surface area contributed by atoms with E-state index in [9.17, 15) is 0 Å². The van der Waals surface area contributed by atoms with Crippen LogP contribution < -0.4 is 0 Å². The van der Waals surface area contributed by atoms with Crippen LogP contribution >= 0.6 is 0 Å². The van der Waals surface area contributed by atoms with Crippen LogP contribution in [0, 0.1) is 0 Å². The zero-order valence-corrected chi connectivity index (χ0v) is 15.5. The van der Waals surface area contributed by atoms with Crippen LogP contribution in [0.25, 0.3) is 0 Å². The maximum absolute atomic E-state index is 9.02. The number of hydrogen-bond donors (Lipinski definition) is 3. The van der Waals surface area contributed by atoms with Gasteiger partial charge in [-0.1, -0.05) is 0 Å². The summed E-state index contributed by atoms with van der Waals surface area (Å²) in [6, 6.07) is 0. The predicted molar refractivity (Wildman–Crippen MR) is 88.8 cm³/mol. The van der Waals surface area contributed by atoms with Crippen molar-refractivity contribution in [1.29, 1.82) is 0 Å². The molecule has 0 saturated carbocycles. The van der Waals surface area contributed by atoms with E-state index >= 15 is 0 Å². The Balaban J connectivity index is 4.48. The summed E-state index contributed by atoms with van der Waals surface area (Å²) in [5.41, 5.74) is 0. The third-order valence-electron chi connectivity index (χ3n) is 4.41. The van der Waals surface area contributed by atoms with E-state index in [1.165, 1.54) is 53.1 Å². The van der Waals surface area contributed by atoms with Gasteiger partial charge in [0.05, 0.1) is 0 Å². The minimum atomic E-state index is -1.83. The number of aliphatic hydroxyl groups is 3. The monoisotopic (exact) mass is 350 g/mol. The van der Waals surface area contributed by atoms with Gasteiger partial charge in [0.1, 0.15) is 0 Å². The van der Waals surface area contributed by atoms with E-state index in [0.29, 0.717) is 19.8 Å². The molecule has 0 amide bonds. The summed E-state index contributed by atoms with van der Waals surface area (Å²) in [6.45, 7) is 3.22. The first-order valence-electron chi connectivity index (χ1n) is 8.57. The second kappa shape index (κ2) is 14.4. The van der Waals surface area contributed by atoms with E-state index in [1.54, 1.807) is 0 Å². The van der Waals surface area contributed by atoms with Crippen molar-refractivity contribution < 1.29 is 15.3 Å². The molecule has 0 aromatic carbocycles. The Bertz CT molecular complexity index is 174. The Kier molecular flexibility index (Phi) is 14.7. The molecule has 0 aromatic heterocycles. The van der Waals surface area contributed by atoms with E-state index in [-0.39, 0.29) is 0 Å². The fourth-order valence-electron chi connectivity index (χ4n) is 3.14. The molecule has 0 radical (unpaired) electrons. The molecule has 3 N–H and O–H groups in total. The van der Waals surface area contributed by atoms with Crippen molar-refractivity contribution in [3.05, 3.63) is 0 Å². The third-order valence-corrected chi connectivity index (χ3v) is 16.3. The molecule has 4 heteroatoms. The molecule has 0 spiro atoms. The van der Waals surface area contributed by atoms with Gasteiger partial charge in [-0.15, -0.1) is 0 Å². The van der Waals surface area contributed by atoms with Crippen LogP contribution in [0.15, 0.2) is 0 Å². The summed E-state index contributed by atoms with van der Waals surface area (Å²) in [7, 11) is 0. The summed E-state index contributed by atoms with van der Waals surface area (Å²) < 4.78 is 0. The van der Waals surface area contributed by atoms with Crippen LogP contribution in [0.4, 0.5) is 0 Å². The summed E-state index contributed by atoms with van der Waals surface area (Å²) >= 11 is -1.83. The van der Waals surface area contributed by atoms with E-state index in [1.807, 2.05) is 0 Å². The number of unbranched alkanes of at least 4 members (excludes halogenated alkanes) is 4. The van der Waals surface area contributed by atoms with Gasteiger partial charge in [-0.25, -0.2) is 0 Å². The molecule has 122 valence electrons. The van der Waals surface area contributed by atoms with Gasteiger partial charge in [0.2, 0.25) is 0 Å². The molecule has 0 aliphatic carbocycles. The number of hydrogen-bond acceptors (Lipinski definition) is 3. The summed E-state index contributed by atoms with van der Waals surface area (Å²) in [5, 5.41) is 32.6. The molecular weight excluding hydrogens is 313 g/mol. The van der Waals surface area contributed by atoms with Crippen LogP contribution in [-0.4, -0.2) is 48.4 Å². The standard InChI is InChI=1S/C16H36GeO3/c1-2-3-10-17(11-4-7-14-18,12-5-8-15-19)13-6-9-16-20/h18-20H,2-16H2,1H3. The quantitative estimate of drug-likeness (QED) is 0.313. The van der Waals surface area contributed by atoms with Crippen molar-refractivity contribution >= 4 is 13.3 Å².